The van der Waals surface area contributed by atoms with E-state index < -0.39 is 0 Å². The number of hydrogen-bond donors (Lipinski definition) is 1. The zero-order valence-electron chi connectivity index (χ0n) is 12.6. The van der Waals surface area contributed by atoms with Crippen LogP contribution in [0.3, 0.4) is 0 Å². The van der Waals surface area contributed by atoms with Crippen LogP contribution in [0.2, 0.25) is 0 Å². The van der Waals surface area contributed by atoms with Crippen molar-refractivity contribution in [2.24, 2.45) is 0 Å². The summed E-state index contributed by atoms with van der Waals surface area (Å²) in [5, 5.41) is 3.27. The van der Waals surface area contributed by atoms with Crippen LogP contribution in [0.5, 0.6) is 5.75 Å². The first kappa shape index (κ1) is 15.0. The average Bonchev–Trinajstić information content (AvgIpc) is 2.55. The van der Waals surface area contributed by atoms with E-state index >= 15 is 0 Å². The minimum absolute atomic E-state index is 0.0321. The Morgan fingerprint density at radius 1 is 1.23 bits per heavy atom. The lowest BCUT2D eigenvalue weighted by molar-refractivity contribution is 0.000306. The molecule has 0 amide bonds. The lowest BCUT2D eigenvalue weighted by atomic mass is 10.0. The molecule has 3 rings (SSSR count). The molecule has 116 valence electrons. The van der Waals surface area contributed by atoms with Crippen LogP contribution in [-0.4, -0.2) is 32.4 Å². The Balaban J connectivity index is 1.79. The second-order valence-corrected chi connectivity index (χ2v) is 5.51. The Morgan fingerprint density at radius 3 is 2.77 bits per heavy atom. The van der Waals surface area contributed by atoms with E-state index in [0.717, 1.165) is 24.2 Å². The standard InChI is InChI=1S/C18H20FNO2/c1-13-2-4-14(5-3-13)17-10-15(19)6-7-18(17)22-12-16-11-20-8-9-21-16/h2-7,10,16,20H,8-9,11-12H2,1H3/t16-/m1/s1. The van der Waals surface area contributed by atoms with Gasteiger partial charge in [0.15, 0.2) is 0 Å². The van der Waals surface area contributed by atoms with Crippen molar-refractivity contribution in [2.75, 3.05) is 26.3 Å². The van der Waals surface area contributed by atoms with Gasteiger partial charge in [-0.25, -0.2) is 4.39 Å². The maximum absolute atomic E-state index is 13.6. The van der Waals surface area contributed by atoms with Gasteiger partial charge in [-0.1, -0.05) is 29.8 Å². The maximum atomic E-state index is 13.6. The Kier molecular flexibility index (Phi) is 4.71. The summed E-state index contributed by atoms with van der Waals surface area (Å²) in [6.45, 7) is 4.84. The van der Waals surface area contributed by atoms with E-state index in [-0.39, 0.29) is 11.9 Å². The van der Waals surface area contributed by atoms with Gasteiger partial charge in [-0.15, -0.1) is 0 Å². The van der Waals surface area contributed by atoms with Crippen molar-refractivity contribution < 1.29 is 13.9 Å². The van der Waals surface area contributed by atoms with Crippen LogP contribution >= 0.6 is 0 Å². The van der Waals surface area contributed by atoms with Gasteiger partial charge < -0.3 is 14.8 Å². The van der Waals surface area contributed by atoms with Crippen molar-refractivity contribution in [3.05, 3.63) is 53.8 Å². The highest BCUT2D eigenvalue weighted by atomic mass is 19.1. The average molecular weight is 301 g/mol. The summed E-state index contributed by atoms with van der Waals surface area (Å²) in [7, 11) is 0. The molecule has 4 heteroatoms. The third-order valence-corrected chi connectivity index (χ3v) is 3.73. The van der Waals surface area contributed by atoms with Crippen molar-refractivity contribution in [3.8, 4) is 16.9 Å². The molecule has 2 aromatic rings. The summed E-state index contributed by atoms with van der Waals surface area (Å²) >= 11 is 0. The summed E-state index contributed by atoms with van der Waals surface area (Å²) in [6, 6.07) is 12.6. The van der Waals surface area contributed by atoms with E-state index in [0.29, 0.717) is 19.0 Å². The molecular weight excluding hydrogens is 281 g/mol. The van der Waals surface area contributed by atoms with Crippen molar-refractivity contribution in [1.82, 2.24) is 5.32 Å². The molecule has 0 bridgehead atoms. The summed E-state index contributed by atoms with van der Waals surface area (Å²) in [5.74, 6) is 0.415. The van der Waals surface area contributed by atoms with Gasteiger partial charge in [-0.05, 0) is 30.7 Å². The summed E-state index contributed by atoms with van der Waals surface area (Å²) in [4.78, 5) is 0. The number of ether oxygens (including phenoxy) is 2. The van der Waals surface area contributed by atoms with Crippen LogP contribution in [0.4, 0.5) is 4.39 Å². The molecule has 0 aromatic heterocycles. The molecule has 3 nitrogen and oxygen atoms in total. The van der Waals surface area contributed by atoms with Gasteiger partial charge in [-0.2, -0.15) is 0 Å². The largest absolute Gasteiger partial charge is 0.490 e. The molecule has 0 unspecified atom stereocenters. The zero-order valence-corrected chi connectivity index (χ0v) is 12.6. The topological polar surface area (TPSA) is 30.5 Å². The van der Waals surface area contributed by atoms with E-state index in [1.54, 1.807) is 6.07 Å². The summed E-state index contributed by atoms with van der Waals surface area (Å²) in [6.07, 6.45) is 0.0321. The molecule has 0 radical (unpaired) electrons. The van der Waals surface area contributed by atoms with Crippen LogP contribution in [-0.2, 0) is 4.74 Å². The summed E-state index contributed by atoms with van der Waals surface area (Å²) < 4.78 is 25.1. The smallest absolute Gasteiger partial charge is 0.127 e. The van der Waals surface area contributed by atoms with Crippen LogP contribution in [0.25, 0.3) is 11.1 Å². The van der Waals surface area contributed by atoms with Gasteiger partial charge in [0, 0.05) is 18.7 Å². The van der Waals surface area contributed by atoms with Crippen molar-refractivity contribution in [1.29, 1.82) is 0 Å². The van der Waals surface area contributed by atoms with Crippen molar-refractivity contribution >= 4 is 0 Å². The van der Waals surface area contributed by atoms with Gasteiger partial charge in [0.1, 0.15) is 24.3 Å². The number of hydrogen-bond acceptors (Lipinski definition) is 3. The first-order valence-corrected chi connectivity index (χ1v) is 7.54. The molecule has 0 spiro atoms. The van der Waals surface area contributed by atoms with E-state index in [1.165, 1.54) is 17.7 Å². The van der Waals surface area contributed by atoms with Gasteiger partial charge >= 0.3 is 0 Å². The van der Waals surface area contributed by atoms with Crippen LogP contribution in [0, 0.1) is 12.7 Å². The third kappa shape index (κ3) is 3.64. The predicted molar refractivity (Wildman–Crippen MR) is 84.7 cm³/mol. The fourth-order valence-electron chi connectivity index (χ4n) is 2.50. The lowest BCUT2D eigenvalue weighted by Gasteiger charge is -2.24. The Bertz CT molecular complexity index is 621. The van der Waals surface area contributed by atoms with E-state index in [1.807, 2.05) is 31.2 Å². The highest BCUT2D eigenvalue weighted by molar-refractivity contribution is 5.70. The molecule has 1 fully saturated rings. The fourth-order valence-corrected chi connectivity index (χ4v) is 2.50. The number of morpholine rings is 1. The van der Waals surface area contributed by atoms with Crippen LogP contribution in [0.1, 0.15) is 5.56 Å². The first-order chi connectivity index (χ1) is 10.7. The molecule has 1 atom stereocenters. The normalized spacial score (nSPS) is 18.2. The van der Waals surface area contributed by atoms with Gasteiger partial charge in [0.05, 0.1) is 6.61 Å². The number of nitrogens with one attached hydrogen (secondary N) is 1. The van der Waals surface area contributed by atoms with E-state index in [9.17, 15) is 4.39 Å². The quantitative estimate of drug-likeness (QED) is 0.941. The van der Waals surface area contributed by atoms with Crippen molar-refractivity contribution in [2.45, 2.75) is 13.0 Å². The Hall–Kier alpha value is -1.91. The minimum Gasteiger partial charge on any atom is -0.490 e. The number of rotatable bonds is 4. The molecule has 1 N–H and O–H groups in total. The summed E-state index contributed by atoms with van der Waals surface area (Å²) in [5.41, 5.74) is 2.89. The third-order valence-electron chi connectivity index (χ3n) is 3.73. The van der Waals surface area contributed by atoms with Gasteiger partial charge in [0.2, 0.25) is 0 Å². The fraction of sp³-hybridized carbons (Fsp3) is 0.333. The number of aryl methyl sites for hydroxylation is 1. The SMILES string of the molecule is Cc1ccc(-c2cc(F)ccc2OC[C@H]2CNCCO2)cc1. The van der Waals surface area contributed by atoms with Crippen molar-refractivity contribution in [3.63, 3.8) is 0 Å². The van der Waals surface area contributed by atoms with Crippen LogP contribution in [0.15, 0.2) is 42.5 Å². The van der Waals surface area contributed by atoms with Gasteiger partial charge in [-0.3, -0.25) is 0 Å². The number of benzene rings is 2. The Labute approximate surface area is 130 Å². The monoisotopic (exact) mass is 301 g/mol. The molecular formula is C18H20FNO2. The van der Waals surface area contributed by atoms with E-state index in [4.69, 9.17) is 9.47 Å². The molecule has 1 saturated heterocycles. The van der Waals surface area contributed by atoms with Gasteiger partial charge in [0.25, 0.3) is 0 Å². The molecule has 2 aromatic carbocycles. The lowest BCUT2D eigenvalue weighted by Crippen LogP contribution is -2.41. The minimum atomic E-state index is -0.265. The maximum Gasteiger partial charge on any atom is 0.127 e. The molecule has 1 aliphatic rings. The second-order valence-electron chi connectivity index (χ2n) is 5.51. The zero-order chi connectivity index (χ0) is 15.4. The number of halogens is 1. The highest BCUT2D eigenvalue weighted by Crippen LogP contribution is 2.31. The molecule has 0 saturated carbocycles. The molecule has 22 heavy (non-hydrogen) atoms. The van der Waals surface area contributed by atoms with E-state index in [2.05, 4.69) is 5.32 Å². The Morgan fingerprint density at radius 2 is 2.05 bits per heavy atom. The molecule has 1 aliphatic heterocycles. The predicted octanol–water partition coefficient (Wildman–Crippen LogP) is 3.17. The molecule has 0 aliphatic carbocycles. The second kappa shape index (κ2) is 6.90. The molecule has 1 heterocycles. The van der Waals surface area contributed by atoms with Crippen LogP contribution < -0.4 is 10.1 Å². The first-order valence-electron chi connectivity index (χ1n) is 7.54. The highest BCUT2D eigenvalue weighted by Gasteiger charge is 2.15.